The van der Waals surface area contributed by atoms with Crippen LogP contribution in [0.2, 0.25) is 0 Å². The number of halogens is 3. The standard InChI is InChI=1S/C25H26F3NO4/c1-3-15-8-6-7-13-29(15)14-18-19(30)12-11-17-22(31)21(16-9-4-5-10-20(16)32-2)24(25(26,27)28)33-23(17)18/h4-5,9-12,15,30H,3,6-8,13-14H2,1-2H3/p+1/t15-/m0/s1. The van der Waals surface area contributed by atoms with Gasteiger partial charge in [-0.3, -0.25) is 4.79 Å². The fourth-order valence-electron chi connectivity index (χ4n) is 4.87. The number of quaternary nitrogens is 1. The molecule has 1 saturated heterocycles. The number of benzene rings is 2. The van der Waals surface area contributed by atoms with E-state index < -0.39 is 22.9 Å². The number of aromatic hydroxyl groups is 1. The van der Waals surface area contributed by atoms with E-state index in [0.717, 1.165) is 32.2 Å². The Morgan fingerprint density at radius 1 is 1.18 bits per heavy atom. The van der Waals surface area contributed by atoms with Crippen molar-refractivity contribution in [3.8, 4) is 22.6 Å². The van der Waals surface area contributed by atoms with Gasteiger partial charge in [0.2, 0.25) is 11.2 Å². The van der Waals surface area contributed by atoms with Gasteiger partial charge in [0.15, 0.2) is 5.58 Å². The normalized spacial score (nSPS) is 19.1. The second-order valence-corrected chi connectivity index (χ2v) is 8.46. The first-order valence-electron chi connectivity index (χ1n) is 11.1. The van der Waals surface area contributed by atoms with Gasteiger partial charge in [0.1, 0.15) is 18.0 Å². The monoisotopic (exact) mass is 462 g/mol. The molecule has 5 nitrogen and oxygen atoms in total. The number of likely N-dealkylation sites (tertiary alicyclic amines) is 1. The Morgan fingerprint density at radius 2 is 1.94 bits per heavy atom. The number of hydrogen-bond donors (Lipinski definition) is 2. The average Bonchev–Trinajstić information content (AvgIpc) is 2.80. The molecule has 0 amide bonds. The van der Waals surface area contributed by atoms with Gasteiger partial charge in [0.25, 0.3) is 0 Å². The maximum Gasteiger partial charge on any atom is 0.450 e. The number of ether oxygens (including phenoxy) is 1. The molecule has 3 aromatic rings. The van der Waals surface area contributed by atoms with E-state index in [2.05, 4.69) is 6.92 Å². The van der Waals surface area contributed by atoms with Crippen molar-refractivity contribution in [1.82, 2.24) is 0 Å². The fourth-order valence-corrected chi connectivity index (χ4v) is 4.87. The lowest BCUT2D eigenvalue weighted by Crippen LogP contribution is -3.15. The van der Waals surface area contributed by atoms with Crippen LogP contribution in [0.1, 0.15) is 43.9 Å². The van der Waals surface area contributed by atoms with Crippen molar-refractivity contribution in [1.29, 1.82) is 0 Å². The van der Waals surface area contributed by atoms with Gasteiger partial charge in [0, 0.05) is 5.56 Å². The summed E-state index contributed by atoms with van der Waals surface area (Å²) in [7, 11) is 1.33. The number of methoxy groups -OCH3 is 1. The highest BCUT2D eigenvalue weighted by Gasteiger charge is 2.40. The van der Waals surface area contributed by atoms with Crippen molar-refractivity contribution in [3.05, 3.63) is 57.9 Å². The lowest BCUT2D eigenvalue weighted by molar-refractivity contribution is -0.944. The Balaban J connectivity index is 1.97. The van der Waals surface area contributed by atoms with Crippen LogP contribution in [0.5, 0.6) is 11.5 Å². The molecule has 1 aromatic heterocycles. The lowest BCUT2D eigenvalue weighted by atomic mass is 9.97. The van der Waals surface area contributed by atoms with E-state index in [-0.39, 0.29) is 40.1 Å². The van der Waals surface area contributed by atoms with Gasteiger partial charge >= 0.3 is 6.18 Å². The molecule has 2 aromatic carbocycles. The van der Waals surface area contributed by atoms with Crippen LogP contribution in [-0.4, -0.2) is 24.8 Å². The molecule has 2 N–H and O–H groups in total. The molecule has 0 bridgehead atoms. The van der Waals surface area contributed by atoms with Crippen molar-refractivity contribution < 1.29 is 32.3 Å². The van der Waals surface area contributed by atoms with E-state index in [1.54, 1.807) is 6.07 Å². The van der Waals surface area contributed by atoms with Crippen molar-refractivity contribution in [2.45, 2.75) is 51.4 Å². The number of phenols is 1. The maximum absolute atomic E-state index is 14.1. The third kappa shape index (κ3) is 4.31. The molecule has 0 aliphatic carbocycles. The number of piperidine rings is 1. The van der Waals surface area contributed by atoms with Crippen LogP contribution in [-0.2, 0) is 12.7 Å². The molecule has 1 unspecified atom stereocenters. The molecule has 4 rings (SSSR count). The molecule has 33 heavy (non-hydrogen) atoms. The Labute approximate surface area is 189 Å². The van der Waals surface area contributed by atoms with Crippen LogP contribution in [0, 0.1) is 0 Å². The van der Waals surface area contributed by atoms with Crippen LogP contribution in [0.25, 0.3) is 22.1 Å². The van der Waals surface area contributed by atoms with Crippen molar-refractivity contribution >= 4 is 11.0 Å². The number of nitrogens with one attached hydrogen (secondary N) is 1. The Morgan fingerprint density at radius 3 is 2.64 bits per heavy atom. The van der Waals surface area contributed by atoms with Crippen LogP contribution in [0.4, 0.5) is 13.2 Å². The fraction of sp³-hybridized carbons (Fsp3) is 0.400. The van der Waals surface area contributed by atoms with Crippen LogP contribution >= 0.6 is 0 Å². The molecular weight excluding hydrogens is 435 g/mol. The van der Waals surface area contributed by atoms with Crippen molar-refractivity contribution in [2.75, 3.05) is 13.7 Å². The van der Waals surface area contributed by atoms with E-state index in [9.17, 15) is 23.1 Å². The summed E-state index contributed by atoms with van der Waals surface area (Å²) in [4.78, 5) is 14.6. The average molecular weight is 462 g/mol. The summed E-state index contributed by atoms with van der Waals surface area (Å²) < 4.78 is 53.1. The molecule has 0 saturated carbocycles. The Kier molecular flexibility index (Phi) is 6.38. The topological polar surface area (TPSA) is 64.1 Å². The highest BCUT2D eigenvalue weighted by atomic mass is 19.4. The van der Waals surface area contributed by atoms with E-state index in [1.807, 2.05) is 0 Å². The molecule has 1 fully saturated rings. The SMILES string of the molecule is CC[C@H]1CCCC[NH+]1Cc1c(O)ccc2c(=O)c(-c3ccccc3OC)c(C(F)(F)F)oc12. The molecule has 176 valence electrons. The third-order valence-corrected chi connectivity index (χ3v) is 6.55. The quantitative estimate of drug-likeness (QED) is 0.585. The van der Waals surface area contributed by atoms with Gasteiger partial charge in [-0.25, -0.2) is 0 Å². The zero-order valence-electron chi connectivity index (χ0n) is 18.6. The summed E-state index contributed by atoms with van der Waals surface area (Å²) in [5.74, 6) is -1.43. The van der Waals surface area contributed by atoms with Crippen LogP contribution in [0.3, 0.4) is 0 Å². The molecule has 2 heterocycles. The van der Waals surface area contributed by atoms with E-state index in [0.29, 0.717) is 6.04 Å². The summed E-state index contributed by atoms with van der Waals surface area (Å²) in [5, 5.41) is 10.6. The number of para-hydroxylation sites is 1. The Bertz CT molecular complexity index is 1220. The minimum Gasteiger partial charge on any atom is -0.507 e. The van der Waals surface area contributed by atoms with E-state index >= 15 is 0 Å². The molecular formula is C25H27F3NO4+. The van der Waals surface area contributed by atoms with Gasteiger partial charge in [-0.2, -0.15) is 13.2 Å². The highest BCUT2D eigenvalue weighted by molar-refractivity contribution is 5.87. The largest absolute Gasteiger partial charge is 0.507 e. The van der Waals surface area contributed by atoms with Crippen molar-refractivity contribution in [2.24, 2.45) is 0 Å². The summed E-state index contributed by atoms with van der Waals surface area (Å²) in [6.45, 7) is 3.22. The van der Waals surface area contributed by atoms with E-state index in [4.69, 9.17) is 9.15 Å². The molecule has 8 heteroatoms. The predicted molar refractivity (Wildman–Crippen MR) is 119 cm³/mol. The minimum absolute atomic E-state index is 0.00108. The van der Waals surface area contributed by atoms with Gasteiger partial charge in [-0.15, -0.1) is 0 Å². The van der Waals surface area contributed by atoms with Crippen LogP contribution < -0.4 is 15.1 Å². The second kappa shape index (κ2) is 9.09. The van der Waals surface area contributed by atoms with Gasteiger partial charge in [0.05, 0.1) is 36.2 Å². The first kappa shape index (κ1) is 23.2. The number of hydrogen-bond acceptors (Lipinski definition) is 4. The molecule has 0 radical (unpaired) electrons. The zero-order valence-corrected chi connectivity index (χ0v) is 18.6. The third-order valence-electron chi connectivity index (χ3n) is 6.55. The summed E-state index contributed by atoms with van der Waals surface area (Å²) >= 11 is 0. The number of fused-ring (bicyclic) bond motifs is 1. The summed E-state index contributed by atoms with van der Waals surface area (Å²) in [6, 6.07) is 9.06. The van der Waals surface area contributed by atoms with Gasteiger partial charge < -0.3 is 19.2 Å². The lowest BCUT2D eigenvalue weighted by Gasteiger charge is -2.32. The molecule has 2 atom stereocenters. The first-order chi connectivity index (χ1) is 15.8. The van der Waals surface area contributed by atoms with E-state index in [1.165, 1.54) is 42.3 Å². The second-order valence-electron chi connectivity index (χ2n) is 8.46. The Hall–Kier alpha value is -3.00. The van der Waals surface area contributed by atoms with Crippen molar-refractivity contribution in [3.63, 3.8) is 0 Å². The number of phenolic OH excluding ortho intramolecular Hbond substituents is 1. The number of alkyl halides is 3. The highest BCUT2D eigenvalue weighted by Crippen LogP contribution is 2.41. The molecule has 1 aliphatic rings. The smallest absolute Gasteiger partial charge is 0.450 e. The molecule has 1 aliphatic heterocycles. The first-order valence-corrected chi connectivity index (χ1v) is 11.1. The maximum atomic E-state index is 14.1. The summed E-state index contributed by atoms with van der Waals surface area (Å²) in [5.41, 5.74) is -1.38. The number of rotatable bonds is 5. The van der Waals surface area contributed by atoms with Crippen LogP contribution in [0.15, 0.2) is 45.6 Å². The van der Waals surface area contributed by atoms with Gasteiger partial charge in [-0.05, 0) is 43.9 Å². The minimum atomic E-state index is -4.92. The predicted octanol–water partition coefficient (Wildman–Crippen LogP) is 4.54. The summed E-state index contributed by atoms with van der Waals surface area (Å²) in [6.07, 6.45) is -0.855. The molecule has 0 spiro atoms. The zero-order chi connectivity index (χ0) is 23.8. The van der Waals surface area contributed by atoms with Gasteiger partial charge in [-0.1, -0.05) is 25.1 Å².